The summed E-state index contributed by atoms with van der Waals surface area (Å²) in [6.07, 6.45) is 1.20. The van der Waals surface area contributed by atoms with Gasteiger partial charge in [0.05, 0.1) is 5.69 Å². The van der Waals surface area contributed by atoms with Crippen LogP contribution < -0.4 is 5.73 Å². The van der Waals surface area contributed by atoms with Crippen LogP contribution in [-0.4, -0.2) is 30.0 Å². The number of aromatic nitrogens is 1. The van der Waals surface area contributed by atoms with E-state index in [1.165, 1.54) is 6.42 Å². The fourth-order valence-corrected chi connectivity index (χ4v) is 2.38. The summed E-state index contributed by atoms with van der Waals surface area (Å²) in [4.78, 5) is 6.86. The summed E-state index contributed by atoms with van der Waals surface area (Å²) < 4.78 is 0. The monoisotopic (exact) mass is 249 g/mol. The SMILES string of the molecule is Cc1cccc(CN(C)CC(CN)CC(C)C)n1. The molecule has 1 rings (SSSR count). The molecule has 0 saturated carbocycles. The quantitative estimate of drug-likeness (QED) is 0.807. The minimum atomic E-state index is 0.583. The molecule has 0 aliphatic rings. The van der Waals surface area contributed by atoms with Crippen molar-refractivity contribution in [3.8, 4) is 0 Å². The Morgan fingerprint density at radius 1 is 1.33 bits per heavy atom. The van der Waals surface area contributed by atoms with E-state index in [9.17, 15) is 0 Å². The van der Waals surface area contributed by atoms with E-state index in [2.05, 4.69) is 42.9 Å². The first-order valence-corrected chi connectivity index (χ1v) is 6.82. The molecular weight excluding hydrogens is 222 g/mol. The van der Waals surface area contributed by atoms with Gasteiger partial charge in [-0.2, -0.15) is 0 Å². The molecule has 1 unspecified atom stereocenters. The van der Waals surface area contributed by atoms with Crippen molar-refractivity contribution in [2.45, 2.75) is 33.7 Å². The average Bonchev–Trinajstić information content (AvgIpc) is 2.27. The summed E-state index contributed by atoms with van der Waals surface area (Å²) in [5, 5.41) is 0. The predicted molar refractivity (Wildman–Crippen MR) is 77.3 cm³/mol. The zero-order valence-corrected chi connectivity index (χ0v) is 12.2. The molecule has 3 nitrogen and oxygen atoms in total. The summed E-state index contributed by atoms with van der Waals surface area (Å²) in [5.74, 6) is 1.30. The van der Waals surface area contributed by atoms with Crippen LogP contribution in [0.3, 0.4) is 0 Å². The first kappa shape index (κ1) is 15.1. The molecule has 0 bridgehead atoms. The van der Waals surface area contributed by atoms with Gasteiger partial charge in [0.15, 0.2) is 0 Å². The van der Waals surface area contributed by atoms with Gasteiger partial charge < -0.3 is 10.6 Å². The van der Waals surface area contributed by atoms with Gasteiger partial charge in [-0.1, -0.05) is 19.9 Å². The Morgan fingerprint density at radius 3 is 2.61 bits per heavy atom. The van der Waals surface area contributed by atoms with Crippen molar-refractivity contribution in [3.63, 3.8) is 0 Å². The van der Waals surface area contributed by atoms with E-state index in [4.69, 9.17) is 5.73 Å². The summed E-state index contributed by atoms with van der Waals surface area (Å²) in [6, 6.07) is 6.19. The molecule has 1 atom stereocenters. The summed E-state index contributed by atoms with van der Waals surface area (Å²) in [7, 11) is 2.15. The van der Waals surface area contributed by atoms with E-state index in [1.807, 2.05) is 13.0 Å². The Kier molecular flexibility index (Phi) is 6.30. The second-order valence-corrected chi connectivity index (χ2v) is 5.70. The Bertz CT molecular complexity index is 349. The largest absolute Gasteiger partial charge is 0.330 e. The van der Waals surface area contributed by atoms with Gasteiger partial charge in [0.25, 0.3) is 0 Å². The first-order chi connectivity index (χ1) is 8.51. The summed E-state index contributed by atoms with van der Waals surface area (Å²) in [5.41, 5.74) is 8.06. The standard InChI is InChI=1S/C15H27N3/c1-12(2)8-14(9-16)10-18(4)11-15-7-5-6-13(3)17-15/h5-7,12,14H,8-11,16H2,1-4H3. The van der Waals surface area contributed by atoms with E-state index in [1.54, 1.807) is 0 Å². The molecule has 0 amide bonds. The molecule has 1 heterocycles. The van der Waals surface area contributed by atoms with Crippen molar-refractivity contribution in [2.24, 2.45) is 17.6 Å². The highest BCUT2D eigenvalue weighted by molar-refractivity contribution is 5.09. The molecule has 3 heteroatoms. The summed E-state index contributed by atoms with van der Waals surface area (Å²) >= 11 is 0. The lowest BCUT2D eigenvalue weighted by Crippen LogP contribution is -2.31. The highest BCUT2D eigenvalue weighted by atomic mass is 15.1. The van der Waals surface area contributed by atoms with E-state index in [-0.39, 0.29) is 0 Å². The minimum Gasteiger partial charge on any atom is -0.330 e. The second kappa shape index (κ2) is 7.49. The normalized spacial score (nSPS) is 13.3. The highest BCUT2D eigenvalue weighted by Gasteiger charge is 2.12. The molecule has 102 valence electrons. The van der Waals surface area contributed by atoms with E-state index < -0.39 is 0 Å². The van der Waals surface area contributed by atoms with Gasteiger partial charge in [0.2, 0.25) is 0 Å². The van der Waals surface area contributed by atoms with Crippen LogP contribution in [0.1, 0.15) is 31.7 Å². The van der Waals surface area contributed by atoms with Crippen LogP contribution in [0.5, 0.6) is 0 Å². The average molecular weight is 249 g/mol. The molecule has 0 aliphatic heterocycles. The van der Waals surface area contributed by atoms with Crippen molar-refractivity contribution >= 4 is 0 Å². The molecule has 1 aromatic heterocycles. The molecule has 2 N–H and O–H groups in total. The Morgan fingerprint density at radius 2 is 2.06 bits per heavy atom. The van der Waals surface area contributed by atoms with Crippen LogP contribution in [0.15, 0.2) is 18.2 Å². The van der Waals surface area contributed by atoms with E-state index in [0.29, 0.717) is 11.8 Å². The third-order valence-electron chi connectivity index (χ3n) is 3.09. The fraction of sp³-hybridized carbons (Fsp3) is 0.667. The zero-order chi connectivity index (χ0) is 13.5. The number of nitrogens with two attached hydrogens (primary N) is 1. The number of pyridine rings is 1. The number of rotatable bonds is 7. The third kappa shape index (κ3) is 5.61. The Labute approximate surface area is 111 Å². The highest BCUT2D eigenvalue weighted by Crippen LogP contribution is 2.12. The van der Waals surface area contributed by atoms with Crippen LogP contribution in [0.4, 0.5) is 0 Å². The maximum Gasteiger partial charge on any atom is 0.0547 e. The molecule has 0 aromatic carbocycles. The van der Waals surface area contributed by atoms with Gasteiger partial charge in [-0.25, -0.2) is 0 Å². The van der Waals surface area contributed by atoms with Gasteiger partial charge in [-0.05, 0) is 50.9 Å². The van der Waals surface area contributed by atoms with Crippen molar-refractivity contribution in [3.05, 3.63) is 29.6 Å². The number of nitrogens with zero attached hydrogens (tertiary/aromatic N) is 2. The van der Waals surface area contributed by atoms with Gasteiger partial charge >= 0.3 is 0 Å². The zero-order valence-electron chi connectivity index (χ0n) is 12.2. The van der Waals surface area contributed by atoms with Crippen LogP contribution >= 0.6 is 0 Å². The molecule has 0 fully saturated rings. The molecule has 18 heavy (non-hydrogen) atoms. The van der Waals surface area contributed by atoms with Crippen LogP contribution in [-0.2, 0) is 6.54 Å². The van der Waals surface area contributed by atoms with Crippen molar-refractivity contribution in [1.82, 2.24) is 9.88 Å². The maximum absolute atomic E-state index is 5.84. The van der Waals surface area contributed by atoms with E-state index in [0.717, 1.165) is 31.0 Å². The lowest BCUT2D eigenvalue weighted by atomic mass is 9.97. The topological polar surface area (TPSA) is 42.1 Å². The maximum atomic E-state index is 5.84. The lowest BCUT2D eigenvalue weighted by molar-refractivity contribution is 0.248. The molecule has 1 aromatic rings. The van der Waals surface area contributed by atoms with Crippen LogP contribution in [0, 0.1) is 18.8 Å². The Balaban J connectivity index is 2.47. The molecule has 0 saturated heterocycles. The minimum absolute atomic E-state index is 0.583. The second-order valence-electron chi connectivity index (χ2n) is 5.70. The van der Waals surface area contributed by atoms with Crippen LogP contribution in [0.25, 0.3) is 0 Å². The lowest BCUT2D eigenvalue weighted by Gasteiger charge is -2.24. The van der Waals surface area contributed by atoms with Gasteiger partial charge in [0, 0.05) is 18.8 Å². The molecular formula is C15H27N3. The van der Waals surface area contributed by atoms with Gasteiger partial charge in [-0.15, -0.1) is 0 Å². The predicted octanol–water partition coefficient (Wildman–Crippen LogP) is 2.44. The molecule has 0 spiro atoms. The Hall–Kier alpha value is -0.930. The smallest absolute Gasteiger partial charge is 0.0547 e. The molecule has 0 radical (unpaired) electrons. The first-order valence-electron chi connectivity index (χ1n) is 6.82. The third-order valence-corrected chi connectivity index (χ3v) is 3.09. The van der Waals surface area contributed by atoms with Crippen molar-refractivity contribution < 1.29 is 0 Å². The van der Waals surface area contributed by atoms with Crippen molar-refractivity contribution in [2.75, 3.05) is 20.1 Å². The fourth-order valence-electron chi connectivity index (χ4n) is 2.38. The molecule has 0 aliphatic carbocycles. The number of aryl methyl sites for hydroxylation is 1. The van der Waals surface area contributed by atoms with Crippen molar-refractivity contribution in [1.29, 1.82) is 0 Å². The van der Waals surface area contributed by atoms with Gasteiger partial charge in [0.1, 0.15) is 0 Å². The summed E-state index contributed by atoms with van der Waals surface area (Å²) in [6.45, 7) is 9.25. The van der Waals surface area contributed by atoms with Crippen LogP contribution in [0.2, 0.25) is 0 Å². The van der Waals surface area contributed by atoms with E-state index >= 15 is 0 Å². The number of hydrogen-bond donors (Lipinski definition) is 1. The van der Waals surface area contributed by atoms with Gasteiger partial charge in [-0.3, -0.25) is 4.98 Å². The number of hydrogen-bond acceptors (Lipinski definition) is 3.